The summed E-state index contributed by atoms with van der Waals surface area (Å²) in [6.45, 7) is 1.40. The fraction of sp³-hybridized carbons (Fsp3) is 0.500. The third kappa shape index (κ3) is 2.05. The van der Waals surface area contributed by atoms with Crippen LogP contribution in [0, 0.1) is 0 Å². The summed E-state index contributed by atoms with van der Waals surface area (Å²) in [4.78, 5) is 0. The lowest BCUT2D eigenvalue weighted by atomic mass is 11.3. The Morgan fingerprint density at radius 3 is 1.88 bits per heavy atom. The Hall–Kier alpha value is 0.310. The maximum atomic E-state index is 4.85. The molecule has 0 spiro atoms. The Kier molecular flexibility index (Phi) is 3.49. The quantitative estimate of drug-likeness (QED) is 0.574. The third-order valence-corrected chi connectivity index (χ3v) is 3.54. The third-order valence-electron chi connectivity index (χ3n) is 0.733. The molecule has 2 nitrogen and oxygen atoms in total. The highest BCUT2D eigenvalue weighted by Crippen LogP contribution is 2.47. The summed E-state index contributed by atoms with van der Waals surface area (Å²) in [7, 11) is 3.04. The Morgan fingerprint density at radius 2 is 1.88 bits per heavy atom. The van der Waals surface area contributed by atoms with E-state index >= 15 is 0 Å². The first-order valence-electron chi connectivity index (χ1n) is 2.03. The van der Waals surface area contributed by atoms with Crippen molar-refractivity contribution in [3.05, 3.63) is 12.4 Å². The summed E-state index contributed by atoms with van der Waals surface area (Å²) in [5, 5.41) is 0. The molecule has 0 N–H and O–H groups in total. The second-order valence-corrected chi connectivity index (χ2v) is 4.79. The van der Waals surface area contributed by atoms with Crippen LogP contribution in [0.25, 0.3) is 0 Å². The van der Waals surface area contributed by atoms with Gasteiger partial charge in [0.05, 0.1) is 0 Å². The fourth-order valence-corrected chi connectivity index (χ4v) is 0.671. The largest absolute Gasteiger partial charge is 0.330 e. The Bertz CT molecular complexity index is 115. The lowest BCUT2D eigenvalue weighted by Gasteiger charge is -2.10. The summed E-state index contributed by atoms with van der Waals surface area (Å²) in [6.07, 6.45) is 0. The number of rotatable bonds is 3. The number of hydrogen-bond acceptors (Lipinski definition) is 3. The molecule has 0 fully saturated rings. The van der Waals surface area contributed by atoms with Crippen LogP contribution in [0.2, 0.25) is 0 Å². The van der Waals surface area contributed by atoms with Crippen LogP contribution in [0.1, 0.15) is 0 Å². The first kappa shape index (κ1) is 8.31. The topological polar surface area (TPSA) is 18.5 Å². The van der Waals surface area contributed by atoms with Gasteiger partial charge in [-0.25, -0.2) is 0 Å². The molecule has 0 heterocycles. The van der Waals surface area contributed by atoms with Gasteiger partial charge in [0, 0.05) is 14.2 Å². The Balaban J connectivity index is 3.99. The van der Waals surface area contributed by atoms with E-state index in [-0.39, 0.29) is 0 Å². The summed E-state index contributed by atoms with van der Waals surface area (Å²) in [5.41, 5.74) is 0. The Labute approximate surface area is 54.7 Å². The van der Waals surface area contributed by atoms with Crippen LogP contribution in [0.15, 0.2) is 12.4 Å². The highest BCUT2D eigenvalue weighted by atomic mass is 32.5. The first-order chi connectivity index (χ1) is 3.68. The van der Waals surface area contributed by atoms with Crippen molar-refractivity contribution in [2.45, 2.75) is 0 Å². The molecule has 0 aromatic heterocycles. The molecule has 0 saturated carbocycles. The van der Waals surface area contributed by atoms with Crippen LogP contribution < -0.4 is 0 Å². The van der Waals surface area contributed by atoms with Crippen LogP contribution in [0.3, 0.4) is 0 Å². The molecule has 0 radical (unpaired) electrons. The van der Waals surface area contributed by atoms with E-state index in [1.165, 1.54) is 20.0 Å². The molecular weight excluding hydrogens is 143 g/mol. The van der Waals surface area contributed by atoms with Crippen LogP contribution in [-0.2, 0) is 20.9 Å². The van der Waals surface area contributed by atoms with Crippen LogP contribution in [0.5, 0.6) is 0 Å². The molecular formula is C4H9O2PS. The molecule has 0 bridgehead atoms. The standard InChI is InChI=1S/C4H9O2PS/c1-4-7(8,5-2)6-3/h4H,1H2,2-3H3. The van der Waals surface area contributed by atoms with Crippen molar-refractivity contribution in [3.8, 4) is 0 Å². The average molecular weight is 152 g/mol. The molecule has 0 aliphatic rings. The SMILES string of the molecule is C=CP(=S)(OC)OC. The van der Waals surface area contributed by atoms with Gasteiger partial charge in [0.15, 0.2) is 0 Å². The predicted octanol–water partition coefficient (Wildman–Crippen LogP) is 1.73. The first-order valence-corrected chi connectivity index (χ1v) is 4.74. The van der Waals surface area contributed by atoms with Gasteiger partial charge >= 0.3 is 0 Å². The normalized spacial score (nSPS) is 11.2. The molecule has 8 heavy (non-hydrogen) atoms. The van der Waals surface area contributed by atoms with Crippen molar-refractivity contribution in [1.29, 1.82) is 0 Å². The molecule has 0 aliphatic carbocycles. The van der Waals surface area contributed by atoms with Gasteiger partial charge < -0.3 is 9.05 Å². The second kappa shape index (κ2) is 3.36. The summed E-state index contributed by atoms with van der Waals surface area (Å²) < 4.78 is 9.64. The van der Waals surface area contributed by atoms with Crippen molar-refractivity contribution in [2.24, 2.45) is 0 Å². The van der Waals surface area contributed by atoms with E-state index in [1.54, 1.807) is 0 Å². The smallest absolute Gasteiger partial charge is 0.211 e. The molecule has 0 saturated heterocycles. The lowest BCUT2D eigenvalue weighted by Crippen LogP contribution is -1.80. The van der Waals surface area contributed by atoms with Gasteiger partial charge in [-0.3, -0.25) is 0 Å². The molecule has 0 aliphatic heterocycles. The monoisotopic (exact) mass is 152 g/mol. The minimum Gasteiger partial charge on any atom is -0.330 e. The van der Waals surface area contributed by atoms with Gasteiger partial charge in [0.2, 0.25) is 6.49 Å². The predicted molar refractivity (Wildman–Crippen MR) is 38.5 cm³/mol. The fourth-order valence-electron chi connectivity index (χ4n) is 0.224. The second-order valence-electron chi connectivity index (χ2n) is 1.09. The highest BCUT2D eigenvalue weighted by molar-refractivity contribution is 8.11. The summed E-state index contributed by atoms with van der Waals surface area (Å²) in [6, 6.07) is 0. The Morgan fingerprint density at radius 1 is 1.50 bits per heavy atom. The molecule has 48 valence electrons. The van der Waals surface area contributed by atoms with E-state index in [0.29, 0.717) is 0 Å². The van der Waals surface area contributed by atoms with E-state index < -0.39 is 6.49 Å². The van der Waals surface area contributed by atoms with Gasteiger partial charge in [0.1, 0.15) is 0 Å². The number of hydrogen-bond donors (Lipinski definition) is 0. The van der Waals surface area contributed by atoms with E-state index in [4.69, 9.17) is 20.9 Å². The molecule has 0 aromatic rings. The summed E-state index contributed by atoms with van der Waals surface area (Å²) in [5.74, 6) is 1.53. The van der Waals surface area contributed by atoms with Crippen molar-refractivity contribution in [3.63, 3.8) is 0 Å². The van der Waals surface area contributed by atoms with Crippen LogP contribution in [-0.4, -0.2) is 14.2 Å². The molecule has 0 unspecified atom stereocenters. The highest BCUT2D eigenvalue weighted by Gasteiger charge is 2.06. The maximum Gasteiger partial charge on any atom is 0.211 e. The average Bonchev–Trinajstić information content (AvgIpc) is 1.87. The summed E-state index contributed by atoms with van der Waals surface area (Å²) >= 11 is 4.85. The zero-order valence-electron chi connectivity index (χ0n) is 4.96. The molecule has 0 rings (SSSR count). The molecule has 0 atom stereocenters. The van der Waals surface area contributed by atoms with Crippen LogP contribution in [0.4, 0.5) is 0 Å². The van der Waals surface area contributed by atoms with E-state index in [2.05, 4.69) is 6.58 Å². The minimum absolute atomic E-state index is 1.52. The molecule has 4 heteroatoms. The molecule has 0 aromatic carbocycles. The zero-order valence-corrected chi connectivity index (χ0v) is 6.67. The zero-order chi connectivity index (χ0) is 6.62. The van der Waals surface area contributed by atoms with Gasteiger partial charge in [0.25, 0.3) is 0 Å². The van der Waals surface area contributed by atoms with Gasteiger partial charge in [-0.2, -0.15) is 0 Å². The van der Waals surface area contributed by atoms with E-state index in [1.807, 2.05) is 0 Å². The lowest BCUT2D eigenvalue weighted by molar-refractivity contribution is 0.346. The van der Waals surface area contributed by atoms with Gasteiger partial charge in [-0.15, -0.1) is 0 Å². The van der Waals surface area contributed by atoms with E-state index in [9.17, 15) is 0 Å². The van der Waals surface area contributed by atoms with E-state index in [0.717, 1.165) is 0 Å². The van der Waals surface area contributed by atoms with Crippen molar-refractivity contribution in [2.75, 3.05) is 14.2 Å². The molecule has 0 amide bonds. The maximum absolute atomic E-state index is 4.85. The van der Waals surface area contributed by atoms with Gasteiger partial charge in [-0.1, -0.05) is 6.58 Å². The van der Waals surface area contributed by atoms with Gasteiger partial charge in [-0.05, 0) is 17.6 Å². The van der Waals surface area contributed by atoms with Crippen molar-refractivity contribution < 1.29 is 9.05 Å². The van der Waals surface area contributed by atoms with Crippen LogP contribution >= 0.6 is 6.49 Å². The minimum atomic E-state index is -2.06. The van der Waals surface area contributed by atoms with Crippen molar-refractivity contribution in [1.82, 2.24) is 0 Å². The van der Waals surface area contributed by atoms with Crippen molar-refractivity contribution >= 4 is 18.3 Å².